The van der Waals surface area contributed by atoms with Crippen LogP contribution in [0.5, 0.6) is 0 Å². The molecule has 4 bridgehead atoms. The Kier molecular flexibility index (Phi) is 7.37. The second-order valence-corrected chi connectivity index (χ2v) is 16.4. The molecule has 17 heteroatoms. The monoisotopic (exact) mass is 604 g/mol. The molecule has 3 heterocycles. The number of aliphatic hydroxyl groups is 2. The molecule has 2 aromatic rings. The molecule has 0 amide bonds. The Morgan fingerprint density at radius 1 is 1.05 bits per heavy atom. The van der Waals surface area contributed by atoms with Crippen LogP contribution in [0.3, 0.4) is 0 Å². The molecule has 7 rings (SSSR count). The van der Waals surface area contributed by atoms with Gasteiger partial charge in [0.25, 0.3) is 7.52 Å². The number of anilines is 1. The molecule has 7 N–H and O–H groups in total. The summed E-state index contributed by atoms with van der Waals surface area (Å²) in [5.74, 6) is 1.40. The van der Waals surface area contributed by atoms with Crippen LogP contribution in [0.1, 0.15) is 51.2 Å². The summed E-state index contributed by atoms with van der Waals surface area (Å²) < 4.78 is 44.6. The zero-order valence-electron chi connectivity index (χ0n) is 21.7. The van der Waals surface area contributed by atoms with Gasteiger partial charge in [0, 0.05) is 13.1 Å². The average molecular weight is 605 g/mol. The third-order valence-electron chi connectivity index (χ3n) is 9.03. The fraction of sp³-hybridized carbons (Fsp3) is 0.783. The van der Waals surface area contributed by atoms with E-state index in [9.17, 15) is 28.6 Å². The molecule has 0 radical (unpaired) electrons. The SMILES string of the molecule is O=P(O)(O)CP(=O)(O)NCC1OC(n2cnc3c(NCCC45CC6CC(CC(C6)C4)C5)nc(F)nc32)C(O)C1O. The van der Waals surface area contributed by atoms with E-state index in [4.69, 9.17) is 14.5 Å². The van der Waals surface area contributed by atoms with Gasteiger partial charge in [0.1, 0.15) is 24.2 Å². The Balaban J connectivity index is 1.14. The minimum absolute atomic E-state index is 0.0315. The third kappa shape index (κ3) is 5.73. The fourth-order valence-electron chi connectivity index (χ4n) is 7.90. The minimum Gasteiger partial charge on any atom is -0.387 e. The number of hydrogen-bond donors (Lipinski definition) is 7. The van der Waals surface area contributed by atoms with E-state index >= 15 is 0 Å². The van der Waals surface area contributed by atoms with Crippen LogP contribution in [0, 0.1) is 29.2 Å². The maximum absolute atomic E-state index is 14.5. The van der Waals surface area contributed by atoms with Crippen molar-refractivity contribution in [2.24, 2.45) is 23.2 Å². The first-order valence-electron chi connectivity index (χ1n) is 13.6. The average Bonchev–Trinajstić information content (AvgIpc) is 3.36. The Labute approximate surface area is 229 Å². The Hall–Kier alpha value is -1.54. The van der Waals surface area contributed by atoms with Gasteiger partial charge in [-0.3, -0.25) is 13.7 Å². The lowest BCUT2D eigenvalue weighted by molar-refractivity contribution is -0.0552. The summed E-state index contributed by atoms with van der Waals surface area (Å²) >= 11 is 0. The molecule has 0 spiro atoms. The second kappa shape index (κ2) is 10.3. The maximum atomic E-state index is 14.5. The lowest BCUT2D eigenvalue weighted by Gasteiger charge is -2.57. The Bertz CT molecular complexity index is 1340. The van der Waals surface area contributed by atoms with Gasteiger partial charge >= 0.3 is 13.7 Å². The molecule has 14 nitrogen and oxygen atoms in total. The fourth-order valence-corrected chi connectivity index (χ4v) is 10.8. The van der Waals surface area contributed by atoms with E-state index in [1.54, 1.807) is 0 Å². The highest BCUT2D eigenvalue weighted by atomic mass is 31.2. The van der Waals surface area contributed by atoms with Crippen molar-refractivity contribution >= 4 is 32.1 Å². The minimum atomic E-state index is -4.78. The molecule has 5 aliphatic rings. The van der Waals surface area contributed by atoms with Gasteiger partial charge in [-0.15, -0.1) is 0 Å². The van der Waals surface area contributed by atoms with Crippen LogP contribution < -0.4 is 10.4 Å². The van der Waals surface area contributed by atoms with Gasteiger partial charge in [0.05, 0.1) is 6.33 Å². The van der Waals surface area contributed by atoms with Crippen molar-refractivity contribution in [1.82, 2.24) is 24.6 Å². The number of fused-ring (bicyclic) bond motifs is 1. The quantitative estimate of drug-likeness (QED) is 0.152. The highest BCUT2D eigenvalue weighted by Crippen LogP contribution is 2.61. The van der Waals surface area contributed by atoms with Gasteiger partial charge < -0.3 is 34.9 Å². The van der Waals surface area contributed by atoms with Crippen molar-refractivity contribution in [3.05, 3.63) is 12.4 Å². The molecule has 4 aliphatic carbocycles. The lowest BCUT2D eigenvalue weighted by Crippen LogP contribution is -2.46. The van der Waals surface area contributed by atoms with Crippen LogP contribution in [-0.2, 0) is 13.9 Å². The van der Waals surface area contributed by atoms with Gasteiger partial charge in [-0.05, 0) is 68.1 Å². The van der Waals surface area contributed by atoms with E-state index in [2.05, 4.69) is 25.4 Å². The standard InChI is InChI=1S/C23H35FN6O8P2/c24-22-28-19(25-2-1-23-6-12-3-13(7-23)5-14(4-12)8-23)16-20(29-22)30(10-26-16)21-18(32)17(31)15(38-21)9-27-39(33,34)11-40(35,36)37/h10,12-15,17-18,21,31-32H,1-9,11H2,(H,25,28,29)(H2,27,33,34)(H2,35,36,37). The number of aliphatic hydroxyl groups excluding tert-OH is 2. The molecule has 4 saturated carbocycles. The summed E-state index contributed by atoms with van der Waals surface area (Å²) in [6.07, 6.45) is 3.52. The predicted octanol–water partition coefficient (Wildman–Crippen LogP) is 1.51. The topological polar surface area (TPSA) is 212 Å². The summed E-state index contributed by atoms with van der Waals surface area (Å²) in [6.45, 7) is 0.116. The molecule has 2 aromatic heterocycles. The van der Waals surface area contributed by atoms with Crippen molar-refractivity contribution in [3.63, 3.8) is 0 Å². The van der Waals surface area contributed by atoms with E-state index < -0.39 is 58.2 Å². The molecule has 5 unspecified atom stereocenters. The first kappa shape index (κ1) is 28.6. The van der Waals surface area contributed by atoms with E-state index in [1.165, 1.54) is 49.4 Å². The van der Waals surface area contributed by atoms with Crippen molar-refractivity contribution in [2.75, 3.05) is 24.3 Å². The number of nitrogens with zero attached hydrogens (tertiary/aromatic N) is 4. The molecule has 0 aromatic carbocycles. The first-order chi connectivity index (χ1) is 18.8. The Morgan fingerprint density at radius 3 is 2.33 bits per heavy atom. The smallest absolute Gasteiger partial charge is 0.336 e. The van der Waals surface area contributed by atoms with Crippen LogP contribution >= 0.6 is 15.1 Å². The van der Waals surface area contributed by atoms with Crippen molar-refractivity contribution in [3.8, 4) is 0 Å². The summed E-state index contributed by atoms with van der Waals surface area (Å²) in [7, 11) is -9.24. The van der Waals surface area contributed by atoms with E-state index in [-0.39, 0.29) is 17.0 Å². The number of imidazole rings is 1. The highest BCUT2D eigenvalue weighted by molar-refractivity contribution is 7.71. The van der Waals surface area contributed by atoms with Crippen LogP contribution in [0.15, 0.2) is 6.33 Å². The maximum Gasteiger partial charge on any atom is 0.336 e. The van der Waals surface area contributed by atoms with Crippen molar-refractivity contribution in [2.45, 2.75) is 69.5 Å². The van der Waals surface area contributed by atoms with Gasteiger partial charge in [0.2, 0.25) is 0 Å². The summed E-state index contributed by atoms with van der Waals surface area (Å²) in [6, 6.07) is 0. The van der Waals surface area contributed by atoms with Crippen molar-refractivity contribution in [1.29, 1.82) is 0 Å². The highest BCUT2D eigenvalue weighted by Gasteiger charge is 2.50. The van der Waals surface area contributed by atoms with Gasteiger partial charge in [-0.25, -0.2) is 10.1 Å². The number of aromatic nitrogens is 4. The molecule has 40 heavy (non-hydrogen) atoms. The first-order valence-corrected chi connectivity index (χ1v) is 17.2. The normalized spacial score (nSPS) is 36.8. The molecular weight excluding hydrogens is 569 g/mol. The molecule has 5 atom stereocenters. The zero-order valence-corrected chi connectivity index (χ0v) is 23.5. The third-order valence-corrected chi connectivity index (χ3v) is 12.7. The van der Waals surface area contributed by atoms with Crippen LogP contribution in [0.25, 0.3) is 11.2 Å². The Morgan fingerprint density at radius 2 is 1.70 bits per heavy atom. The van der Waals surface area contributed by atoms with E-state index in [1.807, 2.05) is 0 Å². The van der Waals surface area contributed by atoms with Gasteiger partial charge in [-0.2, -0.15) is 14.4 Å². The van der Waals surface area contributed by atoms with Crippen LogP contribution in [-0.4, -0.2) is 81.7 Å². The van der Waals surface area contributed by atoms with E-state index in [0.29, 0.717) is 12.0 Å². The number of nitrogens with one attached hydrogen (secondary N) is 2. The largest absolute Gasteiger partial charge is 0.387 e. The zero-order chi connectivity index (χ0) is 28.4. The lowest BCUT2D eigenvalue weighted by atomic mass is 9.49. The van der Waals surface area contributed by atoms with Gasteiger partial charge in [0.15, 0.2) is 23.2 Å². The molecule has 5 fully saturated rings. The number of hydrogen-bond acceptors (Lipinski definition) is 9. The summed E-state index contributed by atoms with van der Waals surface area (Å²) in [5.41, 5.74) is 0.626. The van der Waals surface area contributed by atoms with Crippen molar-refractivity contribution < 1.29 is 43.2 Å². The van der Waals surface area contributed by atoms with E-state index in [0.717, 1.165) is 24.2 Å². The summed E-state index contributed by atoms with van der Waals surface area (Å²) in [4.78, 5) is 39.8. The predicted molar refractivity (Wildman–Crippen MR) is 140 cm³/mol. The molecular formula is C23H35FN6O8P2. The van der Waals surface area contributed by atoms with Crippen LogP contribution in [0.2, 0.25) is 0 Å². The van der Waals surface area contributed by atoms with Crippen LogP contribution in [0.4, 0.5) is 10.2 Å². The molecule has 1 aliphatic heterocycles. The molecule has 1 saturated heterocycles. The number of ether oxygens (including phenoxy) is 1. The second-order valence-electron chi connectivity index (χ2n) is 12.2. The number of halogens is 1. The molecule has 222 valence electrons. The summed E-state index contributed by atoms with van der Waals surface area (Å²) in [5, 5.41) is 26.5. The number of rotatable bonds is 10. The van der Waals surface area contributed by atoms with Gasteiger partial charge in [-0.1, -0.05) is 0 Å².